The second-order valence-electron chi connectivity index (χ2n) is 8.71. The van der Waals surface area contributed by atoms with E-state index in [4.69, 9.17) is 10.7 Å². The number of nitrogen functional groups attached to an aromatic ring is 1. The van der Waals surface area contributed by atoms with Gasteiger partial charge in [0, 0.05) is 30.9 Å². The minimum atomic E-state index is 0.515. The summed E-state index contributed by atoms with van der Waals surface area (Å²) < 4.78 is 2.33. The Morgan fingerprint density at radius 1 is 1.03 bits per heavy atom. The maximum Gasteiger partial charge on any atom is 0.152 e. The first-order valence-electron chi connectivity index (χ1n) is 11.7. The van der Waals surface area contributed by atoms with Crippen LogP contribution in [0, 0.1) is 0 Å². The first kappa shape index (κ1) is 20.7. The highest BCUT2D eigenvalue weighted by atomic mass is 15.1. The molecular formula is C27H31N5. The van der Waals surface area contributed by atoms with Gasteiger partial charge in [-0.25, -0.2) is 9.97 Å². The minimum absolute atomic E-state index is 0.515. The Balaban J connectivity index is 1.34. The predicted molar refractivity (Wildman–Crippen MR) is 133 cm³/mol. The number of imidazole rings is 1. The third-order valence-corrected chi connectivity index (χ3v) is 6.47. The summed E-state index contributed by atoms with van der Waals surface area (Å²) in [6.45, 7) is 3.88. The number of allylic oxidation sites excluding steroid dienone is 1. The van der Waals surface area contributed by atoms with Gasteiger partial charge in [-0.05, 0) is 36.5 Å². The van der Waals surface area contributed by atoms with E-state index in [0.717, 1.165) is 73.0 Å². The Kier molecular flexibility index (Phi) is 5.91. The van der Waals surface area contributed by atoms with Crippen LogP contribution >= 0.6 is 0 Å². The molecule has 2 heterocycles. The Morgan fingerprint density at radius 3 is 2.56 bits per heavy atom. The number of hydrogen-bond donors (Lipinski definition) is 2. The predicted octanol–water partition coefficient (Wildman–Crippen LogP) is 4.82. The highest BCUT2D eigenvalue weighted by molar-refractivity contribution is 6.06. The van der Waals surface area contributed by atoms with Crippen molar-refractivity contribution >= 4 is 27.8 Å². The Morgan fingerprint density at radius 2 is 1.78 bits per heavy atom. The Hall–Kier alpha value is -3.18. The summed E-state index contributed by atoms with van der Waals surface area (Å²) in [6.07, 6.45) is 9.93. The minimum Gasteiger partial charge on any atom is -0.382 e. The molecule has 5 nitrogen and oxygen atoms in total. The van der Waals surface area contributed by atoms with E-state index in [0.29, 0.717) is 11.9 Å². The van der Waals surface area contributed by atoms with Crippen LogP contribution in [0.3, 0.4) is 0 Å². The summed E-state index contributed by atoms with van der Waals surface area (Å²) >= 11 is 0. The fraction of sp³-hybridized carbons (Fsp3) is 0.333. The lowest BCUT2D eigenvalue weighted by atomic mass is 10.1. The summed E-state index contributed by atoms with van der Waals surface area (Å²) in [5.74, 6) is 1.61. The number of nitrogens with one attached hydrogen (secondary N) is 1. The fourth-order valence-corrected chi connectivity index (χ4v) is 4.83. The van der Waals surface area contributed by atoms with Crippen molar-refractivity contribution in [1.29, 1.82) is 0 Å². The van der Waals surface area contributed by atoms with Gasteiger partial charge in [0.25, 0.3) is 0 Å². The van der Waals surface area contributed by atoms with Gasteiger partial charge >= 0.3 is 0 Å². The number of fused-ring (bicyclic) bond motifs is 4. The molecule has 0 bridgehead atoms. The van der Waals surface area contributed by atoms with E-state index < -0.39 is 0 Å². The number of anilines is 1. The molecule has 0 amide bonds. The molecule has 0 fully saturated rings. The molecule has 0 radical (unpaired) electrons. The first-order valence-corrected chi connectivity index (χ1v) is 11.7. The number of nitrogens with zero attached hydrogens (tertiary/aromatic N) is 3. The summed E-state index contributed by atoms with van der Waals surface area (Å²) in [4.78, 5) is 9.49. The van der Waals surface area contributed by atoms with Crippen LogP contribution in [0.25, 0.3) is 21.9 Å². The molecule has 0 aliphatic heterocycles. The van der Waals surface area contributed by atoms with Gasteiger partial charge in [-0.3, -0.25) is 0 Å². The zero-order valence-corrected chi connectivity index (χ0v) is 18.7. The van der Waals surface area contributed by atoms with Gasteiger partial charge in [0.15, 0.2) is 5.82 Å². The van der Waals surface area contributed by atoms with Crippen LogP contribution in [0.4, 0.5) is 5.82 Å². The summed E-state index contributed by atoms with van der Waals surface area (Å²) in [7, 11) is 0. The van der Waals surface area contributed by atoms with Crippen molar-refractivity contribution in [3.63, 3.8) is 0 Å². The fourth-order valence-electron chi connectivity index (χ4n) is 4.83. The standard InChI is InChI=1S/C27H31N5/c1-2-3-14-24-31-25-26(22-12-6-7-13-23(22)30-27(25)28)32(24)16-9-8-15-29-21-17-19-10-4-5-11-20(19)18-21/h4-13,21,29H,2-3,14-18H2,1H3,(H2,28,30)/b9-8+. The van der Waals surface area contributed by atoms with Crippen LogP contribution in [-0.2, 0) is 25.8 Å². The Bertz CT molecular complexity index is 1250. The van der Waals surface area contributed by atoms with E-state index in [1.54, 1.807) is 0 Å². The summed E-state index contributed by atoms with van der Waals surface area (Å²) in [5, 5.41) is 4.80. The lowest BCUT2D eigenvalue weighted by Crippen LogP contribution is -2.29. The number of pyridine rings is 1. The quantitative estimate of drug-likeness (QED) is 0.397. The normalized spacial score (nSPS) is 14.2. The monoisotopic (exact) mass is 425 g/mol. The van der Waals surface area contributed by atoms with E-state index in [9.17, 15) is 0 Å². The maximum atomic E-state index is 6.30. The van der Waals surface area contributed by atoms with Gasteiger partial charge < -0.3 is 15.6 Å². The van der Waals surface area contributed by atoms with Crippen molar-refractivity contribution in [2.24, 2.45) is 0 Å². The molecule has 1 aliphatic rings. The van der Waals surface area contributed by atoms with Crippen molar-refractivity contribution in [3.05, 3.63) is 77.6 Å². The molecule has 3 N–H and O–H groups in total. The van der Waals surface area contributed by atoms with E-state index in [1.165, 1.54) is 11.1 Å². The van der Waals surface area contributed by atoms with Crippen molar-refractivity contribution in [2.45, 2.75) is 51.6 Å². The molecule has 0 saturated carbocycles. The molecule has 4 aromatic rings. The highest BCUT2D eigenvalue weighted by Gasteiger charge is 2.19. The number of hydrogen-bond acceptors (Lipinski definition) is 4. The van der Waals surface area contributed by atoms with Crippen LogP contribution < -0.4 is 11.1 Å². The van der Waals surface area contributed by atoms with E-state index in [1.807, 2.05) is 12.1 Å². The number of nitrogens with two attached hydrogens (primary N) is 1. The number of rotatable bonds is 8. The number of unbranched alkanes of at least 4 members (excludes halogenated alkanes) is 1. The van der Waals surface area contributed by atoms with Gasteiger partial charge in [0.2, 0.25) is 0 Å². The molecule has 2 aromatic heterocycles. The maximum absolute atomic E-state index is 6.30. The second kappa shape index (κ2) is 9.13. The van der Waals surface area contributed by atoms with E-state index in [2.05, 4.69) is 70.3 Å². The molecule has 0 unspecified atom stereocenters. The van der Waals surface area contributed by atoms with Crippen LogP contribution in [0.5, 0.6) is 0 Å². The van der Waals surface area contributed by atoms with Gasteiger partial charge in [0.05, 0.1) is 11.0 Å². The smallest absolute Gasteiger partial charge is 0.152 e. The zero-order chi connectivity index (χ0) is 21.9. The third-order valence-electron chi connectivity index (χ3n) is 6.47. The van der Waals surface area contributed by atoms with Gasteiger partial charge in [-0.2, -0.15) is 0 Å². The number of aryl methyl sites for hydroxylation is 1. The molecule has 5 rings (SSSR count). The highest BCUT2D eigenvalue weighted by Crippen LogP contribution is 2.29. The SMILES string of the molecule is CCCCc1nc2c(N)nc3ccccc3c2n1C/C=C/CNC1Cc2ccccc2C1. The largest absolute Gasteiger partial charge is 0.382 e. The van der Waals surface area contributed by atoms with Crippen molar-refractivity contribution < 1.29 is 0 Å². The molecule has 5 heteroatoms. The zero-order valence-electron chi connectivity index (χ0n) is 18.7. The summed E-state index contributed by atoms with van der Waals surface area (Å²) in [6, 6.07) is 17.5. The molecular weight excluding hydrogens is 394 g/mol. The molecule has 164 valence electrons. The number of aromatic nitrogens is 3. The number of benzene rings is 2. The topological polar surface area (TPSA) is 68.8 Å². The lowest BCUT2D eigenvalue weighted by Gasteiger charge is -2.10. The lowest BCUT2D eigenvalue weighted by molar-refractivity contribution is 0.566. The van der Waals surface area contributed by atoms with Crippen LogP contribution in [0.1, 0.15) is 36.7 Å². The Labute approximate surface area is 189 Å². The van der Waals surface area contributed by atoms with Crippen LogP contribution in [0.15, 0.2) is 60.7 Å². The van der Waals surface area contributed by atoms with Crippen molar-refractivity contribution in [2.75, 3.05) is 12.3 Å². The summed E-state index contributed by atoms with van der Waals surface area (Å²) in [5.41, 5.74) is 12.1. The second-order valence-corrected chi connectivity index (χ2v) is 8.71. The van der Waals surface area contributed by atoms with Crippen LogP contribution in [-0.4, -0.2) is 27.1 Å². The van der Waals surface area contributed by atoms with Gasteiger partial charge in [0.1, 0.15) is 11.3 Å². The third kappa shape index (κ3) is 4.00. The molecule has 1 aliphatic carbocycles. The van der Waals surface area contributed by atoms with Crippen molar-refractivity contribution in [3.8, 4) is 0 Å². The molecule has 0 saturated heterocycles. The average molecular weight is 426 g/mol. The van der Waals surface area contributed by atoms with Gasteiger partial charge in [-0.1, -0.05) is 68.0 Å². The average Bonchev–Trinajstić information content (AvgIpc) is 3.39. The molecule has 0 spiro atoms. The van der Waals surface area contributed by atoms with E-state index in [-0.39, 0.29) is 0 Å². The van der Waals surface area contributed by atoms with Gasteiger partial charge in [-0.15, -0.1) is 0 Å². The number of para-hydroxylation sites is 1. The molecule has 2 aromatic carbocycles. The van der Waals surface area contributed by atoms with Crippen molar-refractivity contribution in [1.82, 2.24) is 19.9 Å². The van der Waals surface area contributed by atoms with Crippen LogP contribution in [0.2, 0.25) is 0 Å². The first-order chi connectivity index (χ1) is 15.7. The molecule has 0 atom stereocenters. The molecule has 32 heavy (non-hydrogen) atoms. The van der Waals surface area contributed by atoms with E-state index >= 15 is 0 Å².